The minimum atomic E-state index is -5.01. The number of carbonyl (C=O) groups is 2. The van der Waals surface area contributed by atoms with E-state index in [2.05, 4.69) is 16.0 Å². The Morgan fingerprint density at radius 1 is 0.912 bits per heavy atom. The molecule has 0 radical (unpaired) electrons. The van der Waals surface area contributed by atoms with Gasteiger partial charge in [-0.1, -0.05) is 13.8 Å². The number of nitrogens with one attached hydrogen (secondary N) is 3. The Kier molecular flexibility index (Phi) is 9.78. The van der Waals surface area contributed by atoms with Crippen LogP contribution in [0.5, 0.6) is 0 Å². The minimum absolute atomic E-state index is 0.00399. The van der Waals surface area contributed by atoms with Gasteiger partial charge in [0.1, 0.15) is 0 Å². The molecular weight excluding hydrogens is 464 g/mol. The van der Waals surface area contributed by atoms with E-state index in [1.807, 2.05) is 13.8 Å². The van der Waals surface area contributed by atoms with Crippen LogP contribution in [-0.2, 0) is 17.1 Å². The third-order valence-corrected chi connectivity index (χ3v) is 6.15. The molecule has 0 saturated heterocycles. The van der Waals surface area contributed by atoms with Gasteiger partial charge in [0, 0.05) is 24.2 Å². The topological polar surface area (TPSA) is 70.2 Å². The molecule has 3 N–H and O–H groups in total. The molecule has 1 aliphatic carbocycles. The number of hydrogen-bond acceptors (Lipinski definition) is 3. The highest BCUT2D eigenvalue weighted by Crippen LogP contribution is 2.36. The van der Waals surface area contributed by atoms with Crippen molar-refractivity contribution < 1.29 is 35.9 Å². The molecule has 2 amide bonds. The quantitative estimate of drug-likeness (QED) is 0.427. The van der Waals surface area contributed by atoms with Crippen LogP contribution < -0.4 is 16.0 Å². The average Bonchev–Trinajstić information content (AvgIpc) is 2.78. The Balaban J connectivity index is 1.85. The molecule has 1 aromatic rings. The van der Waals surface area contributed by atoms with E-state index < -0.39 is 35.0 Å². The van der Waals surface area contributed by atoms with E-state index in [1.165, 1.54) is 0 Å². The molecule has 1 aliphatic rings. The van der Waals surface area contributed by atoms with E-state index in [9.17, 15) is 35.9 Å². The molecule has 192 valence electrons. The van der Waals surface area contributed by atoms with E-state index in [4.69, 9.17) is 0 Å². The number of halogens is 6. The highest BCUT2D eigenvalue weighted by Gasteiger charge is 2.37. The summed E-state index contributed by atoms with van der Waals surface area (Å²) in [5.74, 6) is -0.995. The summed E-state index contributed by atoms with van der Waals surface area (Å²) in [5.41, 5.74) is -3.72. The second-order valence-corrected chi connectivity index (χ2v) is 8.68. The SMILES string of the molecule is CCC(CC)NC(=O)CNC1CCC(CNC(=O)c2cc(C(F)(F)F)cc(C(F)(F)F)c2)CC1. The zero-order chi connectivity index (χ0) is 25.5. The first kappa shape index (κ1) is 27.9. The predicted octanol–water partition coefficient (Wildman–Crippen LogP) is 4.91. The number of alkyl halides is 6. The second kappa shape index (κ2) is 11.9. The fourth-order valence-electron chi connectivity index (χ4n) is 4.00. The molecule has 0 aliphatic heterocycles. The Hall–Kier alpha value is -2.30. The first-order chi connectivity index (χ1) is 15.8. The lowest BCUT2D eigenvalue weighted by Gasteiger charge is -2.29. The fourth-order valence-corrected chi connectivity index (χ4v) is 4.00. The van der Waals surface area contributed by atoms with E-state index in [1.54, 1.807) is 0 Å². The summed E-state index contributed by atoms with van der Waals surface area (Å²) in [5, 5.41) is 8.63. The normalized spacial score (nSPS) is 19.2. The minimum Gasteiger partial charge on any atom is -0.352 e. The summed E-state index contributed by atoms with van der Waals surface area (Å²) in [6.07, 6.45) is -5.38. The van der Waals surface area contributed by atoms with E-state index in [-0.39, 0.29) is 43.1 Å². The zero-order valence-electron chi connectivity index (χ0n) is 19.2. The molecule has 0 heterocycles. The maximum absolute atomic E-state index is 13.0. The van der Waals surface area contributed by atoms with Gasteiger partial charge in [-0.05, 0) is 62.6 Å². The molecule has 0 aromatic heterocycles. The van der Waals surface area contributed by atoms with Crippen molar-refractivity contribution in [2.24, 2.45) is 5.92 Å². The maximum Gasteiger partial charge on any atom is 0.416 e. The summed E-state index contributed by atoms with van der Waals surface area (Å²) in [4.78, 5) is 24.3. The van der Waals surface area contributed by atoms with Gasteiger partial charge in [-0.2, -0.15) is 26.3 Å². The van der Waals surface area contributed by atoms with Crippen LogP contribution in [0.15, 0.2) is 18.2 Å². The number of benzene rings is 1. The molecule has 1 aromatic carbocycles. The van der Waals surface area contributed by atoms with Crippen LogP contribution in [0.1, 0.15) is 73.9 Å². The van der Waals surface area contributed by atoms with Crippen LogP contribution in [0.2, 0.25) is 0 Å². The molecular formula is C23H31F6N3O2. The standard InChI is InChI=1S/C23H31F6N3O2/c1-3-18(4-2)32-20(33)13-30-19-7-5-14(6-8-19)12-31-21(34)15-9-16(22(24,25)26)11-17(10-15)23(27,28)29/h9-11,14,18-19,30H,3-8,12-13H2,1-2H3,(H,31,34)(H,32,33). The lowest BCUT2D eigenvalue weighted by Crippen LogP contribution is -2.44. The van der Waals surface area contributed by atoms with Gasteiger partial charge in [0.05, 0.1) is 17.7 Å². The third kappa shape index (κ3) is 8.48. The molecule has 5 nitrogen and oxygen atoms in total. The number of hydrogen-bond donors (Lipinski definition) is 3. The molecule has 34 heavy (non-hydrogen) atoms. The number of carbonyl (C=O) groups excluding carboxylic acids is 2. The molecule has 0 bridgehead atoms. The molecule has 11 heteroatoms. The summed E-state index contributed by atoms with van der Waals surface area (Å²) >= 11 is 0. The van der Waals surface area contributed by atoms with Gasteiger partial charge in [0.15, 0.2) is 0 Å². The van der Waals surface area contributed by atoms with Gasteiger partial charge in [-0.15, -0.1) is 0 Å². The van der Waals surface area contributed by atoms with Crippen molar-refractivity contribution in [3.63, 3.8) is 0 Å². The second-order valence-electron chi connectivity index (χ2n) is 8.68. The van der Waals surface area contributed by atoms with Gasteiger partial charge in [-0.3, -0.25) is 9.59 Å². The lowest BCUT2D eigenvalue weighted by atomic mass is 9.86. The highest BCUT2D eigenvalue weighted by molar-refractivity contribution is 5.94. The van der Waals surface area contributed by atoms with Crippen LogP contribution in [-0.4, -0.2) is 37.0 Å². The van der Waals surface area contributed by atoms with Gasteiger partial charge < -0.3 is 16.0 Å². The predicted molar refractivity (Wildman–Crippen MR) is 115 cm³/mol. The summed E-state index contributed by atoms with van der Waals surface area (Å²) < 4.78 is 78.0. The Morgan fingerprint density at radius 3 is 1.91 bits per heavy atom. The lowest BCUT2D eigenvalue weighted by molar-refractivity contribution is -0.143. The van der Waals surface area contributed by atoms with Gasteiger partial charge in [0.25, 0.3) is 5.91 Å². The maximum atomic E-state index is 13.0. The van der Waals surface area contributed by atoms with E-state index >= 15 is 0 Å². The number of amides is 2. The summed E-state index contributed by atoms with van der Waals surface area (Å²) in [6, 6.07) is 1.14. The summed E-state index contributed by atoms with van der Waals surface area (Å²) in [6.45, 7) is 4.37. The fraction of sp³-hybridized carbons (Fsp3) is 0.652. The van der Waals surface area contributed by atoms with Crippen molar-refractivity contribution in [2.45, 2.75) is 76.8 Å². The molecule has 1 saturated carbocycles. The molecule has 0 spiro atoms. The van der Waals surface area contributed by atoms with Gasteiger partial charge in [0.2, 0.25) is 5.91 Å². The Bertz CT molecular complexity index is 797. The monoisotopic (exact) mass is 495 g/mol. The smallest absolute Gasteiger partial charge is 0.352 e. The van der Waals surface area contributed by atoms with Crippen LogP contribution in [0.25, 0.3) is 0 Å². The van der Waals surface area contributed by atoms with Crippen LogP contribution in [0.4, 0.5) is 26.3 Å². The number of rotatable bonds is 9. The van der Waals surface area contributed by atoms with Crippen molar-refractivity contribution >= 4 is 11.8 Å². The van der Waals surface area contributed by atoms with Gasteiger partial charge in [-0.25, -0.2) is 0 Å². The van der Waals surface area contributed by atoms with Crippen LogP contribution >= 0.6 is 0 Å². The first-order valence-electron chi connectivity index (χ1n) is 11.4. The van der Waals surface area contributed by atoms with Gasteiger partial charge >= 0.3 is 12.4 Å². The summed E-state index contributed by atoms with van der Waals surface area (Å²) in [7, 11) is 0. The average molecular weight is 496 g/mol. The third-order valence-electron chi connectivity index (χ3n) is 6.15. The Morgan fingerprint density at radius 2 is 1.44 bits per heavy atom. The molecule has 1 fully saturated rings. The van der Waals surface area contributed by atoms with Crippen molar-refractivity contribution in [3.8, 4) is 0 Å². The molecule has 2 rings (SSSR count). The van der Waals surface area contributed by atoms with Crippen LogP contribution in [0.3, 0.4) is 0 Å². The van der Waals surface area contributed by atoms with Crippen molar-refractivity contribution in [3.05, 3.63) is 34.9 Å². The Labute approximate surface area is 195 Å². The largest absolute Gasteiger partial charge is 0.416 e. The molecule has 0 atom stereocenters. The highest BCUT2D eigenvalue weighted by atomic mass is 19.4. The first-order valence-corrected chi connectivity index (χ1v) is 11.4. The van der Waals surface area contributed by atoms with E-state index in [0.717, 1.165) is 25.7 Å². The van der Waals surface area contributed by atoms with Crippen molar-refractivity contribution in [1.29, 1.82) is 0 Å². The van der Waals surface area contributed by atoms with Crippen LogP contribution in [0, 0.1) is 5.92 Å². The van der Waals surface area contributed by atoms with Crippen molar-refractivity contribution in [1.82, 2.24) is 16.0 Å². The van der Waals surface area contributed by atoms with Crippen molar-refractivity contribution in [2.75, 3.05) is 13.1 Å². The van der Waals surface area contributed by atoms with E-state index in [0.29, 0.717) is 25.0 Å². The molecule has 0 unspecified atom stereocenters. The zero-order valence-corrected chi connectivity index (χ0v) is 19.2.